The van der Waals surface area contributed by atoms with Gasteiger partial charge in [-0.05, 0) is 19.3 Å². The summed E-state index contributed by atoms with van der Waals surface area (Å²) in [5.74, 6) is 2.12. The van der Waals surface area contributed by atoms with E-state index in [1.54, 1.807) is 20.3 Å². The molecular weight excluding hydrogens is 258 g/mol. The first-order valence-electron chi connectivity index (χ1n) is 6.98. The lowest BCUT2D eigenvalue weighted by Gasteiger charge is -2.16. The highest BCUT2D eigenvalue weighted by molar-refractivity contribution is 5.41. The van der Waals surface area contributed by atoms with Crippen molar-refractivity contribution >= 4 is 0 Å². The maximum Gasteiger partial charge on any atom is 0.126 e. The van der Waals surface area contributed by atoms with E-state index in [-0.39, 0.29) is 12.6 Å². The molecule has 112 valence electrons. The average molecular weight is 281 g/mol. The van der Waals surface area contributed by atoms with Crippen molar-refractivity contribution in [2.24, 2.45) is 0 Å². The van der Waals surface area contributed by atoms with E-state index in [1.165, 1.54) is 12.8 Å². The normalized spacial score (nSPS) is 15.8. The first-order valence-corrected chi connectivity index (χ1v) is 6.98. The smallest absolute Gasteiger partial charge is 0.126 e. The van der Waals surface area contributed by atoms with Gasteiger partial charge in [0.05, 0.1) is 27.4 Å². The topological polar surface area (TPSA) is 60.0 Å². The molecule has 2 N–H and O–H groups in total. The van der Waals surface area contributed by atoms with Crippen molar-refractivity contribution < 1.29 is 19.3 Å². The molecule has 5 nitrogen and oxygen atoms in total. The van der Waals surface area contributed by atoms with E-state index in [0.29, 0.717) is 29.9 Å². The molecule has 5 heteroatoms. The Hall–Kier alpha value is -1.46. The lowest BCUT2D eigenvalue weighted by molar-refractivity contribution is 0.207. The zero-order valence-electron chi connectivity index (χ0n) is 12.1. The van der Waals surface area contributed by atoms with E-state index in [1.807, 2.05) is 12.1 Å². The maximum atomic E-state index is 9.31. The Balaban J connectivity index is 1.82. The van der Waals surface area contributed by atoms with Gasteiger partial charge in [0, 0.05) is 30.3 Å². The third-order valence-corrected chi connectivity index (χ3v) is 3.33. The van der Waals surface area contributed by atoms with Crippen LogP contribution < -0.4 is 19.5 Å². The molecule has 20 heavy (non-hydrogen) atoms. The van der Waals surface area contributed by atoms with Crippen molar-refractivity contribution in [3.05, 3.63) is 18.2 Å². The minimum atomic E-state index is 0.106. The van der Waals surface area contributed by atoms with E-state index in [9.17, 15) is 5.11 Å². The second-order valence-electron chi connectivity index (χ2n) is 5.01. The van der Waals surface area contributed by atoms with Crippen molar-refractivity contribution in [2.45, 2.75) is 31.3 Å². The number of rotatable bonds is 9. The molecule has 1 aliphatic carbocycles. The third-order valence-electron chi connectivity index (χ3n) is 3.33. The molecule has 1 atom stereocenters. The molecule has 1 unspecified atom stereocenters. The number of benzene rings is 1. The molecule has 0 amide bonds. The van der Waals surface area contributed by atoms with Crippen LogP contribution in [0.1, 0.15) is 19.3 Å². The molecule has 0 spiro atoms. The van der Waals surface area contributed by atoms with E-state index < -0.39 is 0 Å². The summed E-state index contributed by atoms with van der Waals surface area (Å²) in [6.45, 7) is 0.683. The van der Waals surface area contributed by atoms with Gasteiger partial charge in [-0.1, -0.05) is 0 Å². The van der Waals surface area contributed by atoms with E-state index in [4.69, 9.17) is 14.2 Å². The predicted molar refractivity (Wildman–Crippen MR) is 76.7 cm³/mol. The minimum Gasteiger partial charge on any atom is -0.496 e. The van der Waals surface area contributed by atoms with Gasteiger partial charge in [0.15, 0.2) is 0 Å². The molecule has 0 saturated heterocycles. The van der Waals surface area contributed by atoms with E-state index in [0.717, 1.165) is 6.42 Å². The molecule has 1 aliphatic rings. The van der Waals surface area contributed by atoms with Crippen LogP contribution in [0.2, 0.25) is 0 Å². The molecule has 1 aromatic carbocycles. The van der Waals surface area contributed by atoms with Gasteiger partial charge < -0.3 is 24.6 Å². The van der Waals surface area contributed by atoms with Crippen molar-refractivity contribution in [3.63, 3.8) is 0 Å². The van der Waals surface area contributed by atoms with E-state index >= 15 is 0 Å². The largest absolute Gasteiger partial charge is 0.496 e. The van der Waals surface area contributed by atoms with Crippen molar-refractivity contribution in [1.82, 2.24) is 5.32 Å². The van der Waals surface area contributed by atoms with Crippen LogP contribution in [0.25, 0.3) is 0 Å². The van der Waals surface area contributed by atoms with Crippen LogP contribution >= 0.6 is 0 Å². The molecule has 0 bridgehead atoms. The summed E-state index contributed by atoms with van der Waals surface area (Å²) >= 11 is 0. The highest BCUT2D eigenvalue weighted by Gasteiger charge is 2.24. The quantitative estimate of drug-likeness (QED) is 0.720. The van der Waals surface area contributed by atoms with Crippen LogP contribution in [0.4, 0.5) is 0 Å². The molecule has 1 saturated carbocycles. The van der Waals surface area contributed by atoms with Crippen LogP contribution in [0.15, 0.2) is 18.2 Å². The number of ether oxygens (including phenoxy) is 3. The highest BCUT2D eigenvalue weighted by atomic mass is 16.5. The van der Waals surface area contributed by atoms with Crippen LogP contribution in [0.5, 0.6) is 17.2 Å². The minimum absolute atomic E-state index is 0.106. The van der Waals surface area contributed by atoms with Gasteiger partial charge in [0.2, 0.25) is 0 Å². The summed E-state index contributed by atoms with van der Waals surface area (Å²) in [5, 5.41) is 12.7. The summed E-state index contributed by atoms with van der Waals surface area (Å²) in [4.78, 5) is 0. The molecule has 0 heterocycles. The number of methoxy groups -OCH3 is 2. The Morgan fingerprint density at radius 3 is 2.25 bits per heavy atom. The van der Waals surface area contributed by atoms with Gasteiger partial charge in [-0.25, -0.2) is 0 Å². The van der Waals surface area contributed by atoms with Gasteiger partial charge >= 0.3 is 0 Å². The molecule has 2 rings (SSSR count). The number of hydrogen-bond donors (Lipinski definition) is 2. The fraction of sp³-hybridized carbons (Fsp3) is 0.600. The number of nitrogens with one attached hydrogen (secondary N) is 1. The Labute approximate surface area is 119 Å². The monoisotopic (exact) mass is 281 g/mol. The zero-order chi connectivity index (χ0) is 14.4. The molecule has 1 fully saturated rings. The van der Waals surface area contributed by atoms with Gasteiger partial charge in [-0.2, -0.15) is 0 Å². The summed E-state index contributed by atoms with van der Waals surface area (Å²) < 4.78 is 16.1. The maximum absolute atomic E-state index is 9.31. The van der Waals surface area contributed by atoms with Crippen LogP contribution in [0, 0.1) is 0 Å². The first kappa shape index (κ1) is 14.9. The van der Waals surface area contributed by atoms with Gasteiger partial charge in [0.25, 0.3) is 0 Å². The standard InChI is InChI=1S/C15H23NO4/c1-18-13-7-14(19-2)9-15(8-13)20-6-5-12(10-17)16-11-3-4-11/h7-9,11-12,16-17H,3-6,10H2,1-2H3. The third kappa shape index (κ3) is 4.58. The van der Waals surface area contributed by atoms with Crippen LogP contribution in [-0.2, 0) is 0 Å². The number of aliphatic hydroxyl groups is 1. The number of aliphatic hydroxyl groups excluding tert-OH is 1. The van der Waals surface area contributed by atoms with Crippen molar-refractivity contribution in [1.29, 1.82) is 0 Å². The fourth-order valence-corrected chi connectivity index (χ4v) is 1.99. The second kappa shape index (κ2) is 7.36. The Morgan fingerprint density at radius 2 is 1.75 bits per heavy atom. The molecular formula is C15H23NO4. The van der Waals surface area contributed by atoms with Gasteiger partial charge in [-0.15, -0.1) is 0 Å². The van der Waals surface area contributed by atoms with E-state index in [2.05, 4.69) is 5.32 Å². The summed E-state index contributed by atoms with van der Waals surface area (Å²) in [6.07, 6.45) is 3.20. The molecule has 0 radical (unpaired) electrons. The van der Waals surface area contributed by atoms with Gasteiger partial charge in [-0.3, -0.25) is 0 Å². The van der Waals surface area contributed by atoms with Crippen molar-refractivity contribution in [3.8, 4) is 17.2 Å². The Kier molecular flexibility index (Phi) is 5.49. The SMILES string of the molecule is COc1cc(OC)cc(OCCC(CO)NC2CC2)c1. The average Bonchev–Trinajstić information content (AvgIpc) is 3.29. The van der Waals surface area contributed by atoms with Crippen LogP contribution in [0.3, 0.4) is 0 Å². The Bertz CT molecular complexity index is 398. The fourth-order valence-electron chi connectivity index (χ4n) is 1.99. The summed E-state index contributed by atoms with van der Waals surface area (Å²) in [6, 6.07) is 6.15. The van der Waals surface area contributed by atoms with Crippen molar-refractivity contribution in [2.75, 3.05) is 27.4 Å². The summed E-state index contributed by atoms with van der Waals surface area (Å²) in [5.41, 5.74) is 0. The van der Waals surface area contributed by atoms with Crippen LogP contribution in [-0.4, -0.2) is 44.6 Å². The molecule has 1 aromatic rings. The predicted octanol–water partition coefficient (Wildman–Crippen LogP) is 1.59. The van der Waals surface area contributed by atoms with Gasteiger partial charge in [0.1, 0.15) is 17.2 Å². The second-order valence-corrected chi connectivity index (χ2v) is 5.01. The Morgan fingerprint density at radius 1 is 1.15 bits per heavy atom. The molecule has 0 aromatic heterocycles. The molecule has 0 aliphatic heterocycles. The number of hydrogen-bond acceptors (Lipinski definition) is 5. The highest BCUT2D eigenvalue weighted by Crippen LogP contribution is 2.27. The first-order chi connectivity index (χ1) is 9.75. The zero-order valence-corrected chi connectivity index (χ0v) is 12.1. The summed E-state index contributed by atoms with van der Waals surface area (Å²) in [7, 11) is 3.22. The lowest BCUT2D eigenvalue weighted by atomic mass is 10.2. The lowest BCUT2D eigenvalue weighted by Crippen LogP contribution is -2.35.